The molecule has 0 spiro atoms. The lowest BCUT2D eigenvalue weighted by Gasteiger charge is -2.28. The standard InChI is InChI=1S/C15H17N3/c1-11-14(18-10-9-17(3)12(18)2)7-6-13-5-4-8-16-15(11)13/h4-10,12H,1-3H3/t12-/m0/s1. The van der Waals surface area contributed by atoms with E-state index in [1.54, 1.807) is 0 Å². The Morgan fingerprint density at radius 3 is 2.72 bits per heavy atom. The van der Waals surface area contributed by atoms with Crippen molar-refractivity contribution in [1.82, 2.24) is 9.88 Å². The largest absolute Gasteiger partial charge is 0.359 e. The number of aromatic nitrogens is 1. The van der Waals surface area contributed by atoms with Gasteiger partial charge < -0.3 is 9.80 Å². The monoisotopic (exact) mass is 239 g/mol. The molecule has 1 aliphatic rings. The SMILES string of the molecule is Cc1c(N2C=CN(C)[C@@H]2C)ccc2cccnc12. The molecule has 2 aromatic rings. The summed E-state index contributed by atoms with van der Waals surface area (Å²) in [4.78, 5) is 8.97. The number of aryl methyl sites for hydroxylation is 1. The highest BCUT2D eigenvalue weighted by Gasteiger charge is 2.21. The van der Waals surface area contributed by atoms with E-state index in [4.69, 9.17) is 0 Å². The summed E-state index contributed by atoms with van der Waals surface area (Å²) in [6.45, 7) is 4.34. The van der Waals surface area contributed by atoms with E-state index in [0.29, 0.717) is 6.17 Å². The topological polar surface area (TPSA) is 19.4 Å². The summed E-state index contributed by atoms with van der Waals surface area (Å²) in [7, 11) is 2.09. The van der Waals surface area contributed by atoms with E-state index >= 15 is 0 Å². The molecule has 3 heteroatoms. The Morgan fingerprint density at radius 2 is 2.00 bits per heavy atom. The van der Waals surface area contributed by atoms with E-state index in [1.165, 1.54) is 16.6 Å². The third-order valence-electron chi connectivity index (χ3n) is 3.73. The van der Waals surface area contributed by atoms with Gasteiger partial charge in [0.05, 0.1) is 5.52 Å². The number of anilines is 1. The lowest BCUT2D eigenvalue weighted by molar-refractivity contribution is 0.383. The summed E-state index contributed by atoms with van der Waals surface area (Å²) < 4.78 is 0. The van der Waals surface area contributed by atoms with Crippen molar-refractivity contribution in [3.8, 4) is 0 Å². The van der Waals surface area contributed by atoms with Crippen molar-refractivity contribution in [3.05, 3.63) is 48.4 Å². The highest BCUT2D eigenvalue weighted by atomic mass is 15.4. The van der Waals surface area contributed by atoms with Crippen LogP contribution in [-0.4, -0.2) is 23.1 Å². The normalized spacial score (nSPS) is 18.9. The molecule has 18 heavy (non-hydrogen) atoms. The predicted molar refractivity (Wildman–Crippen MR) is 75.3 cm³/mol. The zero-order chi connectivity index (χ0) is 12.7. The number of fused-ring (bicyclic) bond motifs is 1. The second-order valence-electron chi connectivity index (χ2n) is 4.79. The van der Waals surface area contributed by atoms with Crippen molar-refractivity contribution in [3.63, 3.8) is 0 Å². The number of pyridine rings is 1. The molecule has 0 unspecified atom stereocenters. The minimum Gasteiger partial charge on any atom is -0.359 e. The van der Waals surface area contributed by atoms with Crippen LogP contribution < -0.4 is 4.90 Å². The average molecular weight is 239 g/mol. The highest BCUT2D eigenvalue weighted by Crippen LogP contribution is 2.30. The summed E-state index contributed by atoms with van der Waals surface area (Å²) in [5, 5.41) is 1.20. The van der Waals surface area contributed by atoms with E-state index in [2.05, 4.69) is 66.3 Å². The molecule has 0 aliphatic carbocycles. The highest BCUT2D eigenvalue weighted by molar-refractivity contribution is 5.87. The Labute approximate surface area is 107 Å². The second kappa shape index (κ2) is 4.02. The van der Waals surface area contributed by atoms with Crippen molar-refractivity contribution >= 4 is 16.6 Å². The summed E-state index contributed by atoms with van der Waals surface area (Å²) >= 11 is 0. The molecule has 0 bridgehead atoms. The van der Waals surface area contributed by atoms with Gasteiger partial charge in [0, 0.05) is 36.7 Å². The van der Waals surface area contributed by atoms with Gasteiger partial charge in [0.15, 0.2) is 0 Å². The van der Waals surface area contributed by atoms with Crippen LogP contribution in [0.25, 0.3) is 10.9 Å². The van der Waals surface area contributed by atoms with Crippen LogP contribution in [0.5, 0.6) is 0 Å². The number of nitrogens with zero attached hydrogens (tertiary/aromatic N) is 3. The van der Waals surface area contributed by atoms with Gasteiger partial charge in [-0.05, 0) is 31.5 Å². The molecule has 1 aromatic carbocycles. The molecule has 0 saturated heterocycles. The quantitative estimate of drug-likeness (QED) is 0.762. The van der Waals surface area contributed by atoms with Crippen molar-refractivity contribution in [2.75, 3.05) is 11.9 Å². The first-order valence-electron chi connectivity index (χ1n) is 6.21. The zero-order valence-corrected chi connectivity index (χ0v) is 11.0. The molecular formula is C15H17N3. The van der Waals surface area contributed by atoms with Crippen LogP contribution in [0, 0.1) is 6.92 Å². The molecule has 3 nitrogen and oxygen atoms in total. The van der Waals surface area contributed by atoms with Crippen LogP contribution in [0.15, 0.2) is 42.9 Å². The van der Waals surface area contributed by atoms with Crippen molar-refractivity contribution in [2.45, 2.75) is 20.0 Å². The lowest BCUT2D eigenvalue weighted by Crippen LogP contribution is -2.33. The smallest absolute Gasteiger partial charge is 0.102 e. The van der Waals surface area contributed by atoms with Crippen molar-refractivity contribution in [2.24, 2.45) is 0 Å². The fourth-order valence-electron chi connectivity index (χ4n) is 2.46. The number of benzene rings is 1. The van der Waals surface area contributed by atoms with Gasteiger partial charge in [0.2, 0.25) is 0 Å². The molecule has 0 saturated carbocycles. The molecule has 2 heterocycles. The van der Waals surface area contributed by atoms with E-state index in [-0.39, 0.29) is 0 Å². The first-order valence-corrected chi connectivity index (χ1v) is 6.21. The third kappa shape index (κ3) is 1.55. The predicted octanol–water partition coefficient (Wildman–Crippen LogP) is 3.11. The molecular weight excluding hydrogens is 222 g/mol. The molecule has 0 fully saturated rings. The molecule has 0 N–H and O–H groups in total. The van der Waals surface area contributed by atoms with Gasteiger partial charge >= 0.3 is 0 Å². The molecule has 0 amide bonds. The minimum atomic E-state index is 0.352. The maximum absolute atomic E-state index is 4.49. The summed E-state index contributed by atoms with van der Waals surface area (Å²) in [6.07, 6.45) is 6.44. The average Bonchev–Trinajstić information content (AvgIpc) is 2.71. The Bertz CT molecular complexity index is 618. The van der Waals surface area contributed by atoms with Gasteiger partial charge in [-0.3, -0.25) is 4.98 Å². The Morgan fingerprint density at radius 1 is 1.17 bits per heavy atom. The Hall–Kier alpha value is -2.03. The number of rotatable bonds is 1. The van der Waals surface area contributed by atoms with Crippen LogP contribution >= 0.6 is 0 Å². The van der Waals surface area contributed by atoms with Gasteiger partial charge in [-0.15, -0.1) is 0 Å². The summed E-state index contributed by atoms with van der Waals surface area (Å²) in [5.41, 5.74) is 3.55. The van der Waals surface area contributed by atoms with Gasteiger partial charge in [-0.2, -0.15) is 0 Å². The van der Waals surface area contributed by atoms with E-state index < -0.39 is 0 Å². The fourth-order valence-corrected chi connectivity index (χ4v) is 2.46. The van der Waals surface area contributed by atoms with Gasteiger partial charge in [0.25, 0.3) is 0 Å². The summed E-state index contributed by atoms with van der Waals surface area (Å²) in [6, 6.07) is 8.41. The fraction of sp³-hybridized carbons (Fsp3) is 0.267. The third-order valence-corrected chi connectivity index (χ3v) is 3.73. The number of hydrogen-bond acceptors (Lipinski definition) is 3. The van der Waals surface area contributed by atoms with Crippen LogP contribution in [0.4, 0.5) is 5.69 Å². The van der Waals surface area contributed by atoms with E-state index in [0.717, 1.165) is 5.52 Å². The van der Waals surface area contributed by atoms with Gasteiger partial charge in [0.1, 0.15) is 6.17 Å². The first-order chi connectivity index (χ1) is 8.68. The van der Waals surface area contributed by atoms with Crippen LogP contribution in [0.1, 0.15) is 12.5 Å². The van der Waals surface area contributed by atoms with Crippen molar-refractivity contribution < 1.29 is 0 Å². The van der Waals surface area contributed by atoms with Crippen LogP contribution in [-0.2, 0) is 0 Å². The maximum Gasteiger partial charge on any atom is 0.102 e. The minimum absolute atomic E-state index is 0.352. The maximum atomic E-state index is 4.49. The van der Waals surface area contributed by atoms with Crippen LogP contribution in [0.3, 0.4) is 0 Å². The van der Waals surface area contributed by atoms with Gasteiger partial charge in [-0.25, -0.2) is 0 Å². The van der Waals surface area contributed by atoms with E-state index in [9.17, 15) is 0 Å². The summed E-state index contributed by atoms with van der Waals surface area (Å²) in [5.74, 6) is 0. The lowest BCUT2D eigenvalue weighted by atomic mass is 10.1. The molecule has 0 radical (unpaired) electrons. The number of hydrogen-bond donors (Lipinski definition) is 0. The van der Waals surface area contributed by atoms with E-state index in [1.807, 2.05) is 12.3 Å². The zero-order valence-electron chi connectivity index (χ0n) is 11.0. The molecule has 1 aromatic heterocycles. The molecule has 1 atom stereocenters. The first kappa shape index (κ1) is 11.1. The van der Waals surface area contributed by atoms with Gasteiger partial charge in [-0.1, -0.05) is 12.1 Å². The second-order valence-corrected chi connectivity index (χ2v) is 4.79. The Kier molecular flexibility index (Phi) is 2.47. The molecule has 92 valence electrons. The van der Waals surface area contributed by atoms with Crippen molar-refractivity contribution in [1.29, 1.82) is 0 Å². The Balaban J connectivity index is 2.14. The molecule has 3 rings (SSSR count). The van der Waals surface area contributed by atoms with Crippen LogP contribution in [0.2, 0.25) is 0 Å². The molecule has 1 aliphatic heterocycles.